The average molecular weight is 672 g/mol. The average Bonchev–Trinajstić information content (AvgIpc) is 3.46. The molecule has 11 heteroatoms. The first kappa shape index (κ1) is 36.7. The number of methoxy groups -OCH3 is 1. The van der Waals surface area contributed by atoms with Crippen molar-refractivity contribution in [1.29, 1.82) is 0 Å². The molecule has 1 heterocycles. The van der Waals surface area contributed by atoms with E-state index < -0.39 is 34.0 Å². The molecule has 1 saturated heterocycles. The Hall–Kier alpha value is -3.12. The lowest BCUT2D eigenvalue weighted by Gasteiger charge is -2.37. The van der Waals surface area contributed by atoms with Gasteiger partial charge in [0.2, 0.25) is 0 Å². The molecule has 1 saturated carbocycles. The van der Waals surface area contributed by atoms with Crippen LogP contribution in [0.15, 0.2) is 61.2 Å². The van der Waals surface area contributed by atoms with E-state index in [1.165, 1.54) is 28.3 Å². The monoisotopic (exact) mass is 671 g/mol. The fraction of sp³-hybridized carbons (Fsp3) is 0.583. The topological polar surface area (TPSA) is 97.8 Å². The second kappa shape index (κ2) is 16.3. The minimum atomic E-state index is -3.86. The largest absolute Gasteiger partial charge is 0.497 e. The Morgan fingerprint density at radius 3 is 2.34 bits per heavy atom. The first-order valence-corrected chi connectivity index (χ1v) is 18.0. The molecule has 47 heavy (non-hydrogen) atoms. The summed E-state index contributed by atoms with van der Waals surface area (Å²) in [5.74, 6) is 1.99. The molecule has 1 aliphatic carbocycles. The number of nitrogens with zero attached hydrogens (tertiary/aromatic N) is 3. The molecule has 2 unspecified atom stereocenters. The molecule has 2 aromatic carbocycles. The third-order valence-corrected chi connectivity index (χ3v) is 10.8. The molecular formula is C36H53N3O7S. The highest BCUT2D eigenvalue weighted by atomic mass is 32.2. The van der Waals surface area contributed by atoms with Crippen LogP contribution in [0.25, 0.3) is 0 Å². The van der Waals surface area contributed by atoms with Gasteiger partial charge in [0.05, 0.1) is 38.5 Å². The summed E-state index contributed by atoms with van der Waals surface area (Å²) in [4.78, 5) is 15.1. The number of benzene rings is 2. The Bertz CT molecular complexity index is 1420. The van der Waals surface area contributed by atoms with Gasteiger partial charge >= 0.3 is 6.09 Å². The Labute approximate surface area is 281 Å². The highest BCUT2D eigenvalue weighted by Crippen LogP contribution is 2.36. The van der Waals surface area contributed by atoms with Crippen molar-refractivity contribution in [2.24, 2.45) is 0 Å². The number of rotatable bonds is 14. The molecule has 2 atom stereocenters. The minimum absolute atomic E-state index is 0.0144. The summed E-state index contributed by atoms with van der Waals surface area (Å²) < 4.78 is 53.9. The van der Waals surface area contributed by atoms with E-state index in [-0.39, 0.29) is 19.3 Å². The van der Waals surface area contributed by atoms with Crippen LogP contribution in [-0.2, 0) is 26.2 Å². The van der Waals surface area contributed by atoms with Gasteiger partial charge in [-0.25, -0.2) is 4.79 Å². The van der Waals surface area contributed by atoms with Crippen molar-refractivity contribution in [3.05, 3.63) is 72.3 Å². The Balaban J connectivity index is 1.50. The zero-order chi connectivity index (χ0) is 34.2. The molecule has 0 aromatic heterocycles. The van der Waals surface area contributed by atoms with Gasteiger partial charge in [-0.1, -0.05) is 30.3 Å². The minimum Gasteiger partial charge on any atom is -0.497 e. The fourth-order valence-electron chi connectivity index (χ4n) is 6.33. The number of carbonyl (C=O) groups is 1. The maximum absolute atomic E-state index is 13.8. The van der Waals surface area contributed by atoms with E-state index in [9.17, 15) is 13.2 Å². The third kappa shape index (κ3) is 9.95. The quantitative estimate of drug-likeness (QED) is 0.170. The molecule has 10 nitrogen and oxygen atoms in total. The number of likely N-dealkylation sites (tertiary alicyclic amines) is 1. The molecule has 0 bridgehead atoms. The van der Waals surface area contributed by atoms with Gasteiger partial charge in [-0.15, -0.1) is 6.58 Å². The van der Waals surface area contributed by atoms with E-state index in [0.717, 1.165) is 43.4 Å². The standard InChI is InChI=1S/C36H53N3O7S/c1-8-9-23-44-32-12-10-11-29(24-32)28-15-19-31(20-16-28)45-26-34-33(21-22-38(34)35(40)46-36(2,3)4)39(47(41,42)37(5)6)25-27-13-17-30(43-7)18-14-27/h8,10-14,17-18,24,28,31,33-34H,1,9,15-16,19-23,25-26H2,2-7H3. The summed E-state index contributed by atoms with van der Waals surface area (Å²) in [5, 5.41) is 0. The van der Waals surface area contributed by atoms with Crippen LogP contribution in [0.1, 0.15) is 76.3 Å². The molecule has 0 N–H and O–H groups in total. The maximum atomic E-state index is 13.8. The molecule has 0 radical (unpaired) electrons. The van der Waals surface area contributed by atoms with Gasteiger partial charge in [-0.3, -0.25) is 0 Å². The lowest BCUT2D eigenvalue weighted by Crippen LogP contribution is -2.54. The summed E-state index contributed by atoms with van der Waals surface area (Å²) in [6.07, 6.45) is 6.38. The van der Waals surface area contributed by atoms with Crippen molar-refractivity contribution in [3.8, 4) is 11.5 Å². The lowest BCUT2D eigenvalue weighted by atomic mass is 9.82. The zero-order valence-electron chi connectivity index (χ0n) is 28.9. The van der Waals surface area contributed by atoms with Gasteiger partial charge in [0, 0.05) is 27.2 Å². The second-order valence-corrected chi connectivity index (χ2v) is 15.7. The van der Waals surface area contributed by atoms with Crippen molar-refractivity contribution >= 4 is 16.3 Å². The van der Waals surface area contributed by atoms with Gasteiger partial charge in [-0.2, -0.15) is 17.0 Å². The van der Waals surface area contributed by atoms with Crippen molar-refractivity contribution < 1.29 is 32.2 Å². The highest BCUT2D eigenvalue weighted by molar-refractivity contribution is 7.86. The summed E-state index contributed by atoms with van der Waals surface area (Å²) in [6.45, 7) is 10.6. The summed E-state index contributed by atoms with van der Waals surface area (Å²) in [7, 11) is 0.799. The van der Waals surface area contributed by atoms with Crippen LogP contribution in [0.3, 0.4) is 0 Å². The molecule has 0 spiro atoms. The van der Waals surface area contributed by atoms with Crippen LogP contribution >= 0.6 is 0 Å². The maximum Gasteiger partial charge on any atom is 0.410 e. The molecule has 1 aliphatic heterocycles. The molecule has 2 aromatic rings. The van der Waals surface area contributed by atoms with Gasteiger partial charge in [-0.05, 0) is 101 Å². The SMILES string of the molecule is C=CCCOc1cccc(C2CCC(OCC3C(N(Cc4ccc(OC)cc4)S(=O)(=O)N(C)C)CCN3C(=O)OC(C)(C)C)CC2)c1. The molecular weight excluding hydrogens is 618 g/mol. The van der Waals surface area contributed by atoms with Gasteiger partial charge in [0.25, 0.3) is 10.2 Å². The molecule has 4 rings (SSSR count). The number of hydrogen-bond donors (Lipinski definition) is 0. The van der Waals surface area contributed by atoms with Crippen molar-refractivity contribution in [1.82, 2.24) is 13.5 Å². The van der Waals surface area contributed by atoms with E-state index in [1.807, 2.05) is 63.2 Å². The van der Waals surface area contributed by atoms with Gasteiger partial charge in [0.1, 0.15) is 17.1 Å². The van der Waals surface area contributed by atoms with Crippen LogP contribution < -0.4 is 9.47 Å². The predicted molar refractivity (Wildman–Crippen MR) is 184 cm³/mol. The van der Waals surface area contributed by atoms with Crippen LogP contribution in [-0.4, -0.2) is 92.8 Å². The normalized spacial score (nSPS) is 22.0. The van der Waals surface area contributed by atoms with Crippen molar-refractivity contribution in [2.75, 3.05) is 41.0 Å². The van der Waals surface area contributed by atoms with Crippen LogP contribution in [0.5, 0.6) is 11.5 Å². The summed E-state index contributed by atoms with van der Waals surface area (Å²) in [6, 6.07) is 14.7. The van der Waals surface area contributed by atoms with Gasteiger partial charge < -0.3 is 23.8 Å². The summed E-state index contributed by atoms with van der Waals surface area (Å²) >= 11 is 0. The zero-order valence-corrected chi connectivity index (χ0v) is 29.7. The number of hydrogen-bond acceptors (Lipinski definition) is 7. The first-order valence-electron chi connectivity index (χ1n) is 16.6. The molecule has 1 amide bonds. The van der Waals surface area contributed by atoms with E-state index in [2.05, 4.69) is 18.7 Å². The molecule has 2 aliphatic rings. The third-order valence-electron chi connectivity index (χ3n) is 8.86. The number of carbonyl (C=O) groups excluding carboxylic acids is 1. The van der Waals surface area contributed by atoms with E-state index in [4.69, 9.17) is 18.9 Å². The number of amides is 1. The Morgan fingerprint density at radius 2 is 1.72 bits per heavy atom. The van der Waals surface area contributed by atoms with Crippen molar-refractivity contribution in [3.63, 3.8) is 0 Å². The van der Waals surface area contributed by atoms with Crippen molar-refractivity contribution in [2.45, 2.75) is 95.5 Å². The highest BCUT2D eigenvalue weighted by Gasteiger charge is 2.46. The van der Waals surface area contributed by atoms with E-state index in [0.29, 0.717) is 31.2 Å². The Morgan fingerprint density at radius 1 is 1.02 bits per heavy atom. The first-order chi connectivity index (χ1) is 22.3. The van der Waals surface area contributed by atoms with Gasteiger partial charge in [0.15, 0.2) is 0 Å². The van der Waals surface area contributed by atoms with E-state index >= 15 is 0 Å². The van der Waals surface area contributed by atoms with Crippen LogP contribution in [0.4, 0.5) is 4.79 Å². The Kier molecular flexibility index (Phi) is 12.7. The molecule has 260 valence electrons. The second-order valence-electron chi connectivity index (χ2n) is 13.6. The number of ether oxygens (including phenoxy) is 4. The predicted octanol–water partition coefficient (Wildman–Crippen LogP) is 6.38. The summed E-state index contributed by atoms with van der Waals surface area (Å²) in [5.41, 5.74) is 1.40. The van der Waals surface area contributed by atoms with Crippen LogP contribution in [0.2, 0.25) is 0 Å². The molecule has 2 fully saturated rings. The lowest BCUT2D eigenvalue weighted by molar-refractivity contribution is -0.0236. The van der Waals surface area contributed by atoms with Crippen LogP contribution in [0, 0.1) is 0 Å². The fourth-order valence-corrected chi connectivity index (χ4v) is 7.65. The smallest absolute Gasteiger partial charge is 0.410 e. The van der Waals surface area contributed by atoms with E-state index in [1.54, 1.807) is 12.0 Å².